The summed E-state index contributed by atoms with van der Waals surface area (Å²) >= 11 is 0. The molecule has 1 N–H and O–H groups in total. The number of carbonyl (C=O) groups is 1. The van der Waals surface area contributed by atoms with E-state index in [9.17, 15) is 4.79 Å². The zero-order valence-corrected chi connectivity index (χ0v) is 11.7. The van der Waals surface area contributed by atoms with Gasteiger partial charge in [-0.2, -0.15) is 0 Å². The number of hydrogen-bond acceptors (Lipinski definition) is 4. The fourth-order valence-corrected chi connectivity index (χ4v) is 1.75. The lowest BCUT2D eigenvalue weighted by molar-refractivity contribution is 0.0734. The molecular formula is C17H18O4. The van der Waals surface area contributed by atoms with E-state index >= 15 is 0 Å². The lowest BCUT2D eigenvalue weighted by atomic mass is 10.2. The van der Waals surface area contributed by atoms with Gasteiger partial charge in [-0.15, -0.1) is 0 Å². The molecule has 0 saturated heterocycles. The SMILES string of the molecule is O=C(Oc1ccccc1)c1ccc(OCCCCO)cc1. The maximum absolute atomic E-state index is 11.9. The van der Waals surface area contributed by atoms with E-state index in [1.54, 1.807) is 36.4 Å². The average Bonchev–Trinajstić information content (AvgIpc) is 2.53. The average molecular weight is 286 g/mol. The van der Waals surface area contributed by atoms with Crippen LogP contribution in [0.1, 0.15) is 23.2 Å². The van der Waals surface area contributed by atoms with E-state index in [-0.39, 0.29) is 6.61 Å². The molecule has 2 aromatic carbocycles. The highest BCUT2D eigenvalue weighted by atomic mass is 16.5. The second-order valence-corrected chi connectivity index (χ2v) is 4.51. The largest absolute Gasteiger partial charge is 0.494 e. The Kier molecular flexibility index (Phi) is 5.79. The summed E-state index contributed by atoms with van der Waals surface area (Å²) in [5, 5.41) is 8.68. The summed E-state index contributed by atoms with van der Waals surface area (Å²) in [6.07, 6.45) is 1.52. The van der Waals surface area contributed by atoms with Crippen LogP contribution in [0.25, 0.3) is 0 Å². The Labute approximate surface area is 123 Å². The molecule has 0 aliphatic rings. The maximum atomic E-state index is 11.9. The number of carbonyl (C=O) groups excluding carboxylic acids is 1. The van der Waals surface area contributed by atoms with E-state index in [0.717, 1.165) is 12.8 Å². The molecule has 110 valence electrons. The molecule has 0 fully saturated rings. The van der Waals surface area contributed by atoms with Crippen molar-refractivity contribution in [3.63, 3.8) is 0 Å². The minimum atomic E-state index is -0.395. The monoisotopic (exact) mass is 286 g/mol. The molecule has 4 nitrogen and oxygen atoms in total. The van der Waals surface area contributed by atoms with Crippen LogP contribution in [0.5, 0.6) is 11.5 Å². The Morgan fingerprint density at radius 1 is 0.905 bits per heavy atom. The van der Waals surface area contributed by atoms with Crippen molar-refractivity contribution in [3.05, 3.63) is 60.2 Å². The highest BCUT2D eigenvalue weighted by Crippen LogP contribution is 2.15. The molecule has 0 saturated carbocycles. The second kappa shape index (κ2) is 8.07. The van der Waals surface area contributed by atoms with Gasteiger partial charge in [0.1, 0.15) is 11.5 Å². The predicted octanol–water partition coefficient (Wildman–Crippen LogP) is 3.06. The molecule has 2 rings (SSSR count). The van der Waals surface area contributed by atoms with Crippen molar-refractivity contribution in [2.75, 3.05) is 13.2 Å². The first-order valence-electron chi connectivity index (χ1n) is 6.90. The van der Waals surface area contributed by atoms with E-state index in [1.165, 1.54) is 0 Å². The van der Waals surface area contributed by atoms with Gasteiger partial charge in [-0.05, 0) is 49.2 Å². The summed E-state index contributed by atoms with van der Waals surface area (Å²) in [4.78, 5) is 11.9. The number of ether oxygens (including phenoxy) is 2. The normalized spacial score (nSPS) is 10.1. The van der Waals surface area contributed by atoms with Crippen LogP contribution >= 0.6 is 0 Å². The molecule has 0 aliphatic heterocycles. The highest BCUT2D eigenvalue weighted by Gasteiger charge is 2.08. The van der Waals surface area contributed by atoms with E-state index in [4.69, 9.17) is 14.6 Å². The molecule has 21 heavy (non-hydrogen) atoms. The molecule has 0 amide bonds. The summed E-state index contributed by atoms with van der Waals surface area (Å²) in [6, 6.07) is 15.8. The molecule has 0 spiro atoms. The first kappa shape index (κ1) is 15.1. The number of para-hydroxylation sites is 1. The van der Waals surface area contributed by atoms with E-state index in [1.807, 2.05) is 18.2 Å². The minimum absolute atomic E-state index is 0.174. The zero-order chi connectivity index (χ0) is 14.9. The van der Waals surface area contributed by atoms with Gasteiger partial charge in [0.05, 0.1) is 12.2 Å². The standard InChI is InChI=1S/C17H18O4/c18-12-4-5-13-20-15-10-8-14(9-11-15)17(19)21-16-6-2-1-3-7-16/h1-3,6-11,18H,4-5,12-13H2. The summed E-state index contributed by atoms with van der Waals surface area (Å²) in [7, 11) is 0. The van der Waals surface area contributed by atoms with Gasteiger partial charge >= 0.3 is 5.97 Å². The fraction of sp³-hybridized carbons (Fsp3) is 0.235. The van der Waals surface area contributed by atoms with Crippen LogP contribution in [0.3, 0.4) is 0 Å². The molecule has 2 aromatic rings. The molecule has 0 radical (unpaired) electrons. The van der Waals surface area contributed by atoms with Crippen LogP contribution in [0.2, 0.25) is 0 Å². The first-order valence-corrected chi connectivity index (χ1v) is 6.90. The van der Waals surface area contributed by atoms with Crippen molar-refractivity contribution in [2.24, 2.45) is 0 Å². The van der Waals surface area contributed by atoms with Crippen molar-refractivity contribution in [2.45, 2.75) is 12.8 Å². The first-order chi connectivity index (χ1) is 10.3. The fourth-order valence-electron chi connectivity index (χ4n) is 1.75. The third kappa shape index (κ3) is 4.93. The van der Waals surface area contributed by atoms with Crippen LogP contribution in [-0.2, 0) is 0 Å². The number of aliphatic hydroxyl groups is 1. The third-order valence-electron chi connectivity index (χ3n) is 2.86. The van der Waals surface area contributed by atoms with E-state index < -0.39 is 5.97 Å². The number of rotatable bonds is 7. The Morgan fingerprint density at radius 3 is 2.29 bits per heavy atom. The smallest absolute Gasteiger partial charge is 0.343 e. The van der Waals surface area contributed by atoms with Gasteiger partial charge in [0.25, 0.3) is 0 Å². The van der Waals surface area contributed by atoms with Crippen molar-refractivity contribution >= 4 is 5.97 Å². The van der Waals surface area contributed by atoms with Crippen LogP contribution in [0.15, 0.2) is 54.6 Å². The van der Waals surface area contributed by atoms with Crippen molar-refractivity contribution in [3.8, 4) is 11.5 Å². The van der Waals surface area contributed by atoms with E-state index in [0.29, 0.717) is 23.7 Å². The molecule has 0 heterocycles. The summed E-state index contributed by atoms with van der Waals surface area (Å²) in [5.41, 5.74) is 0.474. The van der Waals surface area contributed by atoms with Gasteiger partial charge in [0.2, 0.25) is 0 Å². The third-order valence-corrected chi connectivity index (χ3v) is 2.86. The summed E-state index contributed by atoms with van der Waals surface area (Å²) in [6.45, 7) is 0.724. The van der Waals surface area contributed by atoms with Crippen LogP contribution < -0.4 is 9.47 Å². The molecule has 0 unspecified atom stereocenters. The molecular weight excluding hydrogens is 268 g/mol. The predicted molar refractivity (Wildman–Crippen MR) is 79.7 cm³/mol. The van der Waals surface area contributed by atoms with Gasteiger partial charge in [-0.25, -0.2) is 4.79 Å². The Balaban J connectivity index is 1.88. The quantitative estimate of drug-likeness (QED) is 0.483. The number of unbranched alkanes of at least 4 members (excludes halogenated alkanes) is 1. The molecule has 0 aromatic heterocycles. The number of hydrogen-bond donors (Lipinski definition) is 1. The Morgan fingerprint density at radius 2 is 1.62 bits per heavy atom. The van der Waals surface area contributed by atoms with Crippen LogP contribution in [0, 0.1) is 0 Å². The van der Waals surface area contributed by atoms with Gasteiger partial charge in [-0.1, -0.05) is 18.2 Å². The number of benzene rings is 2. The molecule has 0 aliphatic carbocycles. The lowest BCUT2D eigenvalue weighted by Gasteiger charge is -2.07. The van der Waals surface area contributed by atoms with Crippen LogP contribution in [0.4, 0.5) is 0 Å². The number of esters is 1. The van der Waals surface area contributed by atoms with Crippen molar-refractivity contribution in [1.82, 2.24) is 0 Å². The highest BCUT2D eigenvalue weighted by molar-refractivity contribution is 5.91. The van der Waals surface area contributed by atoms with Gasteiger partial charge in [0.15, 0.2) is 0 Å². The topological polar surface area (TPSA) is 55.8 Å². The minimum Gasteiger partial charge on any atom is -0.494 e. The van der Waals surface area contributed by atoms with Gasteiger partial charge in [-0.3, -0.25) is 0 Å². The summed E-state index contributed by atoms with van der Waals surface area (Å²) < 4.78 is 10.7. The Bertz CT molecular complexity index is 549. The molecule has 0 bridgehead atoms. The second-order valence-electron chi connectivity index (χ2n) is 4.51. The lowest BCUT2D eigenvalue weighted by Crippen LogP contribution is -2.08. The van der Waals surface area contributed by atoms with Crippen molar-refractivity contribution in [1.29, 1.82) is 0 Å². The van der Waals surface area contributed by atoms with Gasteiger partial charge in [0, 0.05) is 6.61 Å². The maximum Gasteiger partial charge on any atom is 0.343 e. The zero-order valence-electron chi connectivity index (χ0n) is 11.7. The van der Waals surface area contributed by atoms with Crippen molar-refractivity contribution < 1.29 is 19.4 Å². The summed E-state index contributed by atoms with van der Waals surface area (Å²) in [5.74, 6) is 0.823. The molecule has 0 atom stereocenters. The van der Waals surface area contributed by atoms with Crippen LogP contribution in [-0.4, -0.2) is 24.3 Å². The number of aliphatic hydroxyl groups excluding tert-OH is 1. The van der Waals surface area contributed by atoms with Gasteiger partial charge < -0.3 is 14.6 Å². The molecule has 4 heteroatoms. The van der Waals surface area contributed by atoms with E-state index in [2.05, 4.69) is 0 Å². The Hall–Kier alpha value is -2.33.